The fourth-order valence-electron chi connectivity index (χ4n) is 2.51. The van der Waals surface area contributed by atoms with Gasteiger partial charge < -0.3 is 8.94 Å². The van der Waals surface area contributed by atoms with Gasteiger partial charge in [0.1, 0.15) is 11.4 Å². The molecule has 4 aromatic rings. The average molecular weight is 376 g/mol. The van der Waals surface area contributed by atoms with Gasteiger partial charge in [-0.2, -0.15) is 18.2 Å². The first-order chi connectivity index (χ1) is 12.8. The molecule has 2 aromatic carbocycles. The van der Waals surface area contributed by atoms with E-state index in [0.29, 0.717) is 0 Å². The van der Waals surface area contributed by atoms with Gasteiger partial charge in [-0.05, 0) is 30.3 Å². The van der Waals surface area contributed by atoms with Gasteiger partial charge in [0.05, 0.1) is 10.9 Å². The minimum atomic E-state index is -4.51. The second kappa shape index (κ2) is 6.04. The molecule has 2 heterocycles. The van der Waals surface area contributed by atoms with E-state index in [4.69, 9.17) is 8.94 Å². The molecule has 2 aromatic heterocycles. The van der Waals surface area contributed by atoms with E-state index in [9.17, 15) is 22.4 Å². The van der Waals surface area contributed by atoms with Crippen molar-refractivity contribution in [1.29, 1.82) is 0 Å². The van der Waals surface area contributed by atoms with Gasteiger partial charge in [-0.3, -0.25) is 4.79 Å². The lowest BCUT2D eigenvalue weighted by Gasteiger charge is -2.06. The van der Waals surface area contributed by atoms with Gasteiger partial charge in [-0.1, -0.05) is 17.3 Å². The predicted molar refractivity (Wildman–Crippen MR) is 86.2 cm³/mol. The molecule has 5 nitrogen and oxygen atoms in total. The average Bonchev–Trinajstić information content (AvgIpc) is 3.12. The second-order valence-corrected chi connectivity index (χ2v) is 5.62. The van der Waals surface area contributed by atoms with Crippen molar-refractivity contribution in [2.75, 3.05) is 0 Å². The summed E-state index contributed by atoms with van der Waals surface area (Å²) in [5.41, 5.74) is -1.18. The summed E-state index contributed by atoms with van der Waals surface area (Å²) in [7, 11) is 0. The van der Waals surface area contributed by atoms with E-state index in [1.807, 2.05) is 0 Å². The third kappa shape index (κ3) is 3.19. The SMILES string of the molecule is O=c1cc(-c2nc(-c3cccc(C(F)(F)F)c3)no2)oc2ccc(F)cc12. The van der Waals surface area contributed by atoms with Gasteiger partial charge in [0, 0.05) is 11.6 Å². The topological polar surface area (TPSA) is 69.1 Å². The van der Waals surface area contributed by atoms with Crippen molar-refractivity contribution in [1.82, 2.24) is 10.1 Å². The number of fused-ring (bicyclic) bond motifs is 1. The standard InChI is InChI=1S/C18H8F4N2O3/c19-11-4-5-14-12(7-11)13(25)8-15(26-14)17-23-16(24-27-17)9-2-1-3-10(6-9)18(20,21)22/h1-8H. The molecule has 27 heavy (non-hydrogen) atoms. The van der Waals surface area contributed by atoms with Crippen LogP contribution in [0, 0.1) is 5.82 Å². The van der Waals surface area contributed by atoms with Crippen LogP contribution < -0.4 is 5.43 Å². The zero-order valence-electron chi connectivity index (χ0n) is 13.2. The van der Waals surface area contributed by atoms with E-state index in [2.05, 4.69) is 10.1 Å². The van der Waals surface area contributed by atoms with Crippen molar-refractivity contribution in [3.05, 3.63) is 70.1 Å². The molecule has 0 amide bonds. The minimum Gasteiger partial charge on any atom is -0.451 e. The molecular formula is C18H8F4N2O3. The maximum absolute atomic E-state index is 13.2. The Morgan fingerprint density at radius 1 is 1.00 bits per heavy atom. The summed E-state index contributed by atoms with van der Waals surface area (Å²) in [6, 6.07) is 8.90. The molecule has 0 saturated carbocycles. The zero-order valence-corrected chi connectivity index (χ0v) is 13.2. The van der Waals surface area contributed by atoms with E-state index in [1.165, 1.54) is 18.2 Å². The molecule has 0 atom stereocenters. The smallest absolute Gasteiger partial charge is 0.416 e. The first-order valence-electron chi connectivity index (χ1n) is 7.56. The maximum atomic E-state index is 13.2. The first-order valence-corrected chi connectivity index (χ1v) is 7.56. The van der Waals surface area contributed by atoms with Crippen LogP contribution in [0.25, 0.3) is 34.0 Å². The summed E-state index contributed by atoms with van der Waals surface area (Å²) < 4.78 is 62.2. The summed E-state index contributed by atoms with van der Waals surface area (Å²) in [6.07, 6.45) is -4.51. The number of hydrogen-bond donors (Lipinski definition) is 0. The molecule has 0 unspecified atom stereocenters. The van der Waals surface area contributed by atoms with E-state index in [-0.39, 0.29) is 34.0 Å². The molecule has 0 spiro atoms. The van der Waals surface area contributed by atoms with Crippen LogP contribution in [0.3, 0.4) is 0 Å². The predicted octanol–water partition coefficient (Wildman–Crippen LogP) is 4.67. The fourth-order valence-corrected chi connectivity index (χ4v) is 2.51. The number of rotatable bonds is 2. The molecule has 0 N–H and O–H groups in total. The lowest BCUT2D eigenvalue weighted by Crippen LogP contribution is -2.04. The van der Waals surface area contributed by atoms with Crippen LogP contribution in [0.5, 0.6) is 0 Å². The molecule has 0 aliphatic rings. The Morgan fingerprint density at radius 2 is 1.81 bits per heavy atom. The van der Waals surface area contributed by atoms with Crippen molar-refractivity contribution in [2.45, 2.75) is 6.18 Å². The Labute approximate surface area is 147 Å². The van der Waals surface area contributed by atoms with Crippen LogP contribution in [-0.4, -0.2) is 10.1 Å². The van der Waals surface area contributed by atoms with Crippen molar-refractivity contribution in [3.8, 4) is 23.0 Å². The largest absolute Gasteiger partial charge is 0.451 e. The second-order valence-electron chi connectivity index (χ2n) is 5.62. The summed E-state index contributed by atoms with van der Waals surface area (Å²) in [5, 5.41) is 3.67. The van der Waals surface area contributed by atoms with Gasteiger partial charge in [-0.15, -0.1) is 0 Å². The van der Waals surface area contributed by atoms with Crippen LogP contribution in [-0.2, 0) is 6.18 Å². The Bertz CT molecular complexity index is 1210. The molecule has 0 aliphatic heterocycles. The Hall–Kier alpha value is -3.49. The molecule has 9 heteroatoms. The Kier molecular flexibility index (Phi) is 3.79. The molecule has 4 rings (SSSR count). The van der Waals surface area contributed by atoms with Gasteiger partial charge in [0.15, 0.2) is 11.2 Å². The Balaban J connectivity index is 1.76. The van der Waals surface area contributed by atoms with Crippen molar-refractivity contribution in [3.63, 3.8) is 0 Å². The van der Waals surface area contributed by atoms with Crippen molar-refractivity contribution < 1.29 is 26.5 Å². The van der Waals surface area contributed by atoms with Gasteiger partial charge >= 0.3 is 6.18 Å². The van der Waals surface area contributed by atoms with Crippen LogP contribution in [0.1, 0.15) is 5.56 Å². The maximum Gasteiger partial charge on any atom is 0.416 e. The third-order valence-electron chi connectivity index (χ3n) is 3.77. The molecular weight excluding hydrogens is 368 g/mol. The third-order valence-corrected chi connectivity index (χ3v) is 3.77. The first kappa shape index (κ1) is 17.0. The molecule has 0 bridgehead atoms. The number of hydrogen-bond acceptors (Lipinski definition) is 5. The van der Waals surface area contributed by atoms with E-state index >= 15 is 0 Å². The lowest BCUT2D eigenvalue weighted by atomic mass is 10.1. The van der Waals surface area contributed by atoms with Gasteiger partial charge in [0.2, 0.25) is 5.82 Å². The lowest BCUT2D eigenvalue weighted by molar-refractivity contribution is -0.137. The number of aromatic nitrogens is 2. The normalized spacial score (nSPS) is 11.9. The highest BCUT2D eigenvalue weighted by molar-refractivity contribution is 5.78. The highest BCUT2D eigenvalue weighted by atomic mass is 19.4. The zero-order chi connectivity index (χ0) is 19.2. The highest BCUT2D eigenvalue weighted by Crippen LogP contribution is 2.32. The quantitative estimate of drug-likeness (QED) is 0.476. The van der Waals surface area contributed by atoms with Crippen molar-refractivity contribution >= 4 is 11.0 Å². The Morgan fingerprint density at radius 3 is 2.59 bits per heavy atom. The van der Waals surface area contributed by atoms with E-state index in [1.54, 1.807) is 0 Å². The summed E-state index contributed by atoms with van der Waals surface area (Å²) in [5.74, 6) is -0.958. The van der Waals surface area contributed by atoms with Crippen LogP contribution in [0.2, 0.25) is 0 Å². The number of nitrogens with zero attached hydrogens (tertiary/aromatic N) is 2. The van der Waals surface area contributed by atoms with Gasteiger partial charge in [0.25, 0.3) is 5.89 Å². The molecule has 0 radical (unpaired) electrons. The minimum absolute atomic E-state index is 0.0383. The molecule has 0 aliphatic carbocycles. The van der Waals surface area contributed by atoms with Crippen LogP contribution in [0.4, 0.5) is 17.6 Å². The highest BCUT2D eigenvalue weighted by Gasteiger charge is 2.30. The van der Waals surface area contributed by atoms with E-state index < -0.39 is 23.0 Å². The van der Waals surface area contributed by atoms with Gasteiger partial charge in [-0.25, -0.2) is 4.39 Å². The number of alkyl halides is 3. The van der Waals surface area contributed by atoms with E-state index in [0.717, 1.165) is 30.3 Å². The van der Waals surface area contributed by atoms with Crippen LogP contribution in [0.15, 0.2) is 62.3 Å². The number of benzene rings is 2. The van der Waals surface area contributed by atoms with Crippen molar-refractivity contribution in [2.24, 2.45) is 0 Å². The number of halogens is 4. The molecule has 0 saturated heterocycles. The summed E-state index contributed by atoms with van der Waals surface area (Å²) >= 11 is 0. The molecule has 0 fully saturated rings. The molecule has 136 valence electrons. The fraction of sp³-hybridized carbons (Fsp3) is 0.0556. The summed E-state index contributed by atoms with van der Waals surface area (Å²) in [4.78, 5) is 16.1. The van der Waals surface area contributed by atoms with Crippen LogP contribution >= 0.6 is 0 Å². The summed E-state index contributed by atoms with van der Waals surface area (Å²) in [6.45, 7) is 0. The monoisotopic (exact) mass is 376 g/mol.